The molecule has 1 aromatic rings. The summed E-state index contributed by atoms with van der Waals surface area (Å²) in [5.41, 5.74) is 0. The molecule has 4 nitrogen and oxygen atoms in total. The summed E-state index contributed by atoms with van der Waals surface area (Å²) in [7, 11) is 0. The molecule has 0 radical (unpaired) electrons. The van der Waals surface area contributed by atoms with Gasteiger partial charge in [0.15, 0.2) is 0 Å². The number of hydrogen-bond donors (Lipinski definition) is 2. The fourth-order valence-electron chi connectivity index (χ4n) is 1.15. The molecule has 1 aromatic heterocycles. The minimum atomic E-state index is 0.0403. The van der Waals surface area contributed by atoms with Gasteiger partial charge in [-0.3, -0.25) is 4.79 Å². The van der Waals surface area contributed by atoms with Crippen molar-refractivity contribution in [1.82, 2.24) is 10.3 Å². The summed E-state index contributed by atoms with van der Waals surface area (Å²) in [6.45, 7) is 1.53. The fourth-order valence-corrected chi connectivity index (χ4v) is 1.39. The summed E-state index contributed by atoms with van der Waals surface area (Å²) < 4.78 is 0.904. The van der Waals surface area contributed by atoms with Crippen molar-refractivity contribution in [2.45, 2.75) is 0 Å². The Morgan fingerprint density at radius 3 is 2.86 bits per heavy atom. The van der Waals surface area contributed by atoms with Crippen molar-refractivity contribution in [2.75, 3.05) is 18.4 Å². The molecule has 2 N–H and O–H groups in total. The second-order valence-electron chi connectivity index (χ2n) is 3.21. The van der Waals surface area contributed by atoms with Gasteiger partial charge in [0, 0.05) is 23.8 Å². The highest BCUT2D eigenvalue weighted by molar-refractivity contribution is 9.10. The van der Waals surface area contributed by atoms with E-state index in [2.05, 4.69) is 31.5 Å². The number of carbonyl (C=O) groups excluding carboxylic acids is 1. The van der Waals surface area contributed by atoms with Crippen LogP contribution in [0.1, 0.15) is 0 Å². The normalized spacial score (nSPS) is 16.1. The molecule has 2 rings (SSSR count). The van der Waals surface area contributed by atoms with Gasteiger partial charge in [0.25, 0.3) is 0 Å². The number of rotatable bonds is 2. The average molecular weight is 256 g/mol. The third-order valence-corrected chi connectivity index (χ3v) is 2.60. The molecule has 0 aromatic carbocycles. The Labute approximate surface area is 90.2 Å². The molecule has 1 saturated heterocycles. The van der Waals surface area contributed by atoms with Crippen LogP contribution >= 0.6 is 15.9 Å². The molecule has 1 aliphatic heterocycles. The molecule has 1 aliphatic rings. The van der Waals surface area contributed by atoms with Crippen LogP contribution in [0, 0.1) is 5.92 Å². The standard InChI is InChI=1S/C9H10BrN3O/c10-7-1-2-8(12-5-7)13-9(14)6-3-11-4-6/h1-2,5-6,11H,3-4H2,(H,12,13,14). The zero-order valence-electron chi connectivity index (χ0n) is 7.46. The Bertz CT molecular complexity index is 334. The lowest BCUT2D eigenvalue weighted by Crippen LogP contribution is -2.48. The lowest BCUT2D eigenvalue weighted by Gasteiger charge is -2.25. The smallest absolute Gasteiger partial charge is 0.231 e. The van der Waals surface area contributed by atoms with Gasteiger partial charge in [0.2, 0.25) is 5.91 Å². The lowest BCUT2D eigenvalue weighted by molar-refractivity contribution is -0.121. The molecule has 5 heteroatoms. The van der Waals surface area contributed by atoms with Crippen LogP contribution in [-0.2, 0) is 4.79 Å². The molecule has 0 aliphatic carbocycles. The van der Waals surface area contributed by atoms with Crippen molar-refractivity contribution in [2.24, 2.45) is 5.92 Å². The molecule has 0 saturated carbocycles. The highest BCUT2D eigenvalue weighted by atomic mass is 79.9. The first kappa shape index (κ1) is 9.61. The number of anilines is 1. The minimum Gasteiger partial charge on any atom is -0.315 e. The van der Waals surface area contributed by atoms with Crippen molar-refractivity contribution in [3.8, 4) is 0 Å². The van der Waals surface area contributed by atoms with E-state index in [1.54, 1.807) is 12.3 Å². The molecule has 0 bridgehead atoms. The van der Waals surface area contributed by atoms with Crippen molar-refractivity contribution >= 4 is 27.7 Å². The van der Waals surface area contributed by atoms with E-state index >= 15 is 0 Å². The number of nitrogens with zero attached hydrogens (tertiary/aromatic N) is 1. The van der Waals surface area contributed by atoms with Crippen LogP contribution in [0.15, 0.2) is 22.8 Å². The molecular weight excluding hydrogens is 246 g/mol. The van der Waals surface area contributed by atoms with Crippen LogP contribution < -0.4 is 10.6 Å². The van der Waals surface area contributed by atoms with E-state index in [1.807, 2.05) is 6.07 Å². The summed E-state index contributed by atoms with van der Waals surface area (Å²) in [6, 6.07) is 3.62. The number of carbonyl (C=O) groups is 1. The Morgan fingerprint density at radius 1 is 1.57 bits per heavy atom. The summed E-state index contributed by atoms with van der Waals surface area (Å²) in [5.74, 6) is 0.740. The van der Waals surface area contributed by atoms with E-state index in [0.29, 0.717) is 5.82 Å². The number of amides is 1. The van der Waals surface area contributed by atoms with Gasteiger partial charge in [0.05, 0.1) is 5.92 Å². The van der Waals surface area contributed by atoms with Gasteiger partial charge in [-0.25, -0.2) is 4.98 Å². The summed E-state index contributed by atoms with van der Waals surface area (Å²) in [5, 5.41) is 5.81. The monoisotopic (exact) mass is 255 g/mol. The predicted molar refractivity (Wildman–Crippen MR) is 56.9 cm³/mol. The van der Waals surface area contributed by atoms with Crippen LogP contribution in [0.3, 0.4) is 0 Å². The Morgan fingerprint density at radius 2 is 2.36 bits per heavy atom. The molecule has 1 amide bonds. The average Bonchev–Trinajstić information content (AvgIpc) is 2.06. The predicted octanol–water partition coefficient (Wildman–Crippen LogP) is 1.00. The Hall–Kier alpha value is -0.940. The van der Waals surface area contributed by atoms with Gasteiger partial charge in [-0.2, -0.15) is 0 Å². The largest absolute Gasteiger partial charge is 0.315 e. The SMILES string of the molecule is O=C(Nc1ccc(Br)cn1)C1CNC1. The van der Waals surface area contributed by atoms with Crippen LogP contribution in [0.2, 0.25) is 0 Å². The lowest BCUT2D eigenvalue weighted by atomic mass is 10.0. The van der Waals surface area contributed by atoms with E-state index in [4.69, 9.17) is 0 Å². The third-order valence-electron chi connectivity index (χ3n) is 2.13. The van der Waals surface area contributed by atoms with Crippen LogP contribution in [0.25, 0.3) is 0 Å². The molecule has 14 heavy (non-hydrogen) atoms. The summed E-state index contributed by atoms with van der Waals surface area (Å²) in [6.07, 6.45) is 1.66. The molecule has 1 fully saturated rings. The number of hydrogen-bond acceptors (Lipinski definition) is 3. The quantitative estimate of drug-likeness (QED) is 0.830. The van der Waals surface area contributed by atoms with E-state index < -0.39 is 0 Å². The van der Waals surface area contributed by atoms with E-state index in [1.165, 1.54) is 0 Å². The maximum Gasteiger partial charge on any atom is 0.231 e. The van der Waals surface area contributed by atoms with E-state index in [9.17, 15) is 4.79 Å². The maximum atomic E-state index is 11.5. The summed E-state index contributed by atoms with van der Waals surface area (Å²) in [4.78, 5) is 15.5. The van der Waals surface area contributed by atoms with Gasteiger partial charge in [0.1, 0.15) is 5.82 Å². The molecule has 74 valence electrons. The van der Waals surface area contributed by atoms with Crippen LogP contribution in [-0.4, -0.2) is 24.0 Å². The maximum absolute atomic E-state index is 11.5. The van der Waals surface area contributed by atoms with Crippen molar-refractivity contribution in [3.05, 3.63) is 22.8 Å². The zero-order chi connectivity index (χ0) is 9.97. The highest BCUT2D eigenvalue weighted by Crippen LogP contribution is 2.12. The zero-order valence-corrected chi connectivity index (χ0v) is 9.04. The Kier molecular flexibility index (Phi) is 2.79. The van der Waals surface area contributed by atoms with Crippen molar-refractivity contribution < 1.29 is 4.79 Å². The first-order chi connectivity index (χ1) is 6.75. The molecule has 0 unspecified atom stereocenters. The van der Waals surface area contributed by atoms with Crippen molar-refractivity contribution in [3.63, 3.8) is 0 Å². The van der Waals surface area contributed by atoms with E-state index in [-0.39, 0.29) is 11.8 Å². The highest BCUT2D eigenvalue weighted by Gasteiger charge is 2.24. The second-order valence-corrected chi connectivity index (χ2v) is 4.12. The minimum absolute atomic E-state index is 0.0403. The number of pyridine rings is 1. The Balaban J connectivity index is 1.96. The van der Waals surface area contributed by atoms with Gasteiger partial charge < -0.3 is 10.6 Å². The number of aromatic nitrogens is 1. The third kappa shape index (κ3) is 2.10. The molecule has 0 spiro atoms. The topological polar surface area (TPSA) is 54.0 Å². The van der Waals surface area contributed by atoms with Gasteiger partial charge >= 0.3 is 0 Å². The summed E-state index contributed by atoms with van der Waals surface area (Å²) >= 11 is 3.28. The number of halogens is 1. The van der Waals surface area contributed by atoms with Crippen LogP contribution in [0.5, 0.6) is 0 Å². The number of nitrogens with one attached hydrogen (secondary N) is 2. The molecule has 2 heterocycles. The second kappa shape index (κ2) is 4.06. The van der Waals surface area contributed by atoms with E-state index in [0.717, 1.165) is 17.6 Å². The van der Waals surface area contributed by atoms with Gasteiger partial charge in [-0.1, -0.05) is 0 Å². The molecular formula is C9H10BrN3O. The first-order valence-electron chi connectivity index (χ1n) is 4.39. The first-order valence-corrected chi connectivity index (χ1v) is 5.18. The van der Waals surface area contributed by atoms with Crippen LogP contribution in [0.4, 0.5) is 5.82 Å². The molecule has 0 atom stereocenters. The van der Waals surface area contributed by atoms with Gasteiger partial charge in [-0.05, 0) is 28.1 Å². The fraction of sp³-hybridized carbons (Fsp3) is 0.333. The van der Waals surface area contributed by atoms with Gasteiger partial charge in [-0.15, -0.1) is 0 Å². The van der Waals surface area contributed by atoms with Crippen molar-refractivity contribution in [1.29, 1.82) is 0 Å².